The van der Waals surface area contributed by atoms with Crippen LogP contribution in [0.2, 0.25) is 0 Å². The Bertz CT molecular complexity index is 1160. The van der Waals surface area contributed by atoms with Crippen molar-refractivity contribution >= 4 is 42.2 Å². The predicted octanol–water partition coefficient (Wildman–Crippen LogP) is 5.22. The fourth-order valence-corrected chi connectivity index (χ4v) is 6.73. The van der Waals surface area contributed by atoms with Gasteiger partial charge in [-0.05, 0) is 42.7 Å². The van der Waals surface area contributed by atoms with Crippen LogP contribution in [0.3, 0.4) is 0 Å². The first kappa shape index (κ1) is 21.4. The van der Waals surface area contributed by atoms with Crippen LogP contribution < -0.4 is 4.90 Å². The van der Waals surface area contributed by atoms with E-state index in [9.17, 15) is 17.2 Å². The first-order chi connectivity index (χ1) is 14.3. The molecule has 2 aromatic carbocycles. The van der Waals surface area contributed by atoms with Gasteiger partial charge >= 0.3 is 0 Å². The van der Waals surface area contributed by atoms with E-state index < -0.39 is 31.6 Å². The first-order valence-electron chi connectivity index (χ1n) is 9.45. The van der Waals surface area contributed by atoms with Crippen molar-refractivity contribution in [1.82, 2.24) is 4.98 Å². The smallest absolute Gasteiger partial charge is 0.185 e. The molecule has 4 nitrogen and oxygen atoms in total. The van der Waals surface area contributed by atoms with Crippen molar-refractivity contribution in [3.05, 3.63) is 75.2 Å². The molecule has 0 spiro atoms. The van der Waals surface area contributed by atoms with Gasteiger partial charge in [-0.2, -0.15) is 0 Å². The molecule has 1 aliphatic heterocycles. The Morgan fingerprint density at radius 1 is 1.13 bits per heavy atom. The van der Waals surface area contributed by atoms with E-state index in [4.69, 9.17) is 4.98 Å². The van der Waals surface area contributed by atoms with E-state index in [1.807, 2.05) is 17.5 Å². The minimum Gasteiger partial charge on any atom is -0.348 e. The Balaban J connectivity index is 1.42. The van der Waals surface area contributed by atoms with E-state index in [0.717, 1.165) is 39.4 Å². The summed E-state index contributed by atoms with van der Waals surface area (Å²) in [6, 6.07) is 10.7. The van der Waals surface area contributed by atoms with Gasteiger partial charge in [-0.15, -0.1) is 11.3 Å². The monoisotopic (exact) mass is 512 g/mol. The van der Waals surface area contributed by atoms with E-state index in [2.05, 4.69) is 33.0 Å². The van der Waals surface area contributed by atoms with Gasteiger partial charge in [0.2, 0.25) is 0 Å². The van der Waals surface area contributed by atoms with Crippen molar-refractivity contribution in [1.29, 1.82) is 0 Å². The van der Waals surface area contributed by atoms with E-state index in [-0.39, 0.29) is 0 Å². The highest BCUT2D eigenvalue weighted by Crippen LogP contribution is 2.30. The second-order valence-electron chi connectivity index (χ2n) is 7.23. The molecular formula is C21H19BrF2N2O2S2. The molecule has 30 heavy (non-hydrogen) atoms. The zero-order valence-electron chi connectivity index (χ0n) is 15.9. The van der Waals surface area contributed by atoms with Crippen molar-refractivity contribution in [2.75, 3.05) is 18.0 Å². The first-order valence-corrected chi connectivity index (χ1v) is 12.7. The fraction of sp³-hybridized carbons (Fsp3) is 0.286. The molecule has 2 heterocycles. The molecule has 158 valence electrons. The van der Waals surface area contributed by atoms with Crippen LogP contribution in [0.5, 0.6) is 0 Å². The Morgan fingerprint density at radius 3 is 2.60 bits per heavy atom. The van der Waals surface area contributed by atoms with Crippen LogP contribution in [-0.2, 0) is 16.3 Å². The van der Waals surface area contributed by atoms with Gasteiger partial charge in [-0.3, -0.25) is 0 Å². The van der Waals surface area contributed by atoms with Crippen LogP contribution in [0.25, 0.3) is 0 Å². The summed E-state index contributed by atoms with van der Waals surface area (Å²) in [4.78, 5) is 6.35. The highest BCUT2D eigenvalue weighted by Gasteiger charge is 2.33. The number of piperidine rings is 1. The van der Waals surface area contributed by atoms with Crippen LogP contribution in [-0.4, -0.2) is 31.7 Å². The van der Waals surface area contributed by atoms with Crippen molar-refractivity contribution in [2.24, 2.45) is 0 Å². The van der Waals surface area contributed by atoms with Crippen molar-refractivity contribution in [3.63, 3.8) is 0 Å². The van der Waals surface area contributed by atoms with Crippen molar-refractivity contribution in [3.8, 4) is 0 Å². The van der Waals surface area contributed by atoms with Gasteiger partial charge in [0.15, 0.2) is 15.0 Å². The van der Waals surface area contributed by atoms with E-state index in [0.29, 0.717) is 32.0 Å². The average Bonchev–Trinajstić information content (AvgIpc) is 3.16. The van der Waals surface area contributed by atoms with Gasteiger partial charge in [0, 0.05) is 35.4 Å². The Morgan fingerprint density at radius 2 is 1.90 bits per heavy atom. The van der Waals surface area contributed by atoms with Crippen LogP contribution in [0.1, 0.15) is 24.1 Å². The zero-order chi connectivity index (χ0) is 21.3. The molecule has 0 aliphatic carbocycles. The molecule has 0 bridgehead atoms. The third-order valence-electron chi connectivity index (χ3n) is 5.17. The quantitative estimate of drug-likeness (QED) is 0.440. The van der Waals surface area contributed by atoms with E-state index in [1.165, 1.54) is 0 Å². The minimum absolute atomic E-state index is 0.375. The largest absolute Gasteiger partial charge is 0.348 e. The normalized spacial score (nSPS) is 15.5. The molecule has 0 unspecified atom stereocenters. The van der Waals surface area contributed by atoms with Gasteiger partial charge in [-0.25, -0.2) is 22.2 Å². The Kier molecular flexibility index (Phi) is 6.22. The van der Waals surface area contributed by atoms with Crippen molar-refractivity contribution < 1.29 is 17.2 Å². The molecule has 0 atom stereocenters. The summed E-state index contributed by atoms with van der Waals surface area (Å²) in [6.45, 7) is 1.05. The lowest BCUT2D eigenvalue weighted by Crippen LogP contribution is -2.39. The maximum atomic E-state index is 14.0. The van der Waals surface area contributed by atoms with Crippen LogP contribution in [0.4, 0.5) is 13.9 Å². The highest BCUT2D eigenvalue weighted by molar-refractivity contribution is 9.10. The number of aromatic nitrogens is 1. The summed E-state index contributed by atoms with van der Waals surface area (Å²) in [5.41, 5.74) is 2.13. The SMILES string of the molecule is O=S(=O)(c1ccc(F)cc1F)C1CCN(c2nc(Cc3cccc(Br)c3)cs2)CC1. The van der Waals surface area contributed by atoms with Gasteiger partial charge in [0.25, 0.3) is 0 Å². The lowest BCUT2D eigenvalue weighted by atomic mass is 10.1. The molecule has 0 N–H and O–H groups in total. The zero-order valence-corrected chi connectivity index (χ0v) is 19.1. The molecule has 1 saturated heterocycles. The summed E-state index contributed by atoms with van der Waals surface area (Å²) < 4.78 is 53.8. The van der Waals surface area contributed by atoms with Crippen molar-refractivity contribution in [2.45, 2.75) is 29.4 Å². The molecule has 0 radical (unpaired) electrons. The molecule has 0 saturated carbocycles. The van der Waals surface area contributed by atoms with E-state index in [1.54, 1.807) is 11.3 Å². The molecule has 1 aliphatic rings. The maximum Gasteiger partial charge on any atom is 0.185 e. The fourth-order valence-electron chi connectivity index (χ4n) is 3.62. The summed E-state index contributed by atoms with van der Waals surface area (Å²) in [7, 11) is -3.84. The number of benzene rings is 2. The second-order valence-corrected chi connectivity index (χ2v) is 11.2. The highest BCUT2D eigenvalue weighted by atomic mass is 79.9. The van der Waals surface area contributed by atoms with Gasteiger partial charge < -0.3 is 4.90 Å². The number of sulfone groups is 1. The molecule has 1 aromatic heterocycles. The number of thiazole rings is 1. The third-order valence-corrected chi connectivity index (χ3v) is 8.90. The number of hydrogen-bond acceptors (Lipinski definition) is 5. The topological polar surface area (TPSA) is 50.3 Å². The summed E-state index contributed by atoms with van der Waals surface area (Å²) >= 11 is 5.01. The Labute approximate surface area is 186 Å². The lowest BCUT2D eigenvalue weighted by molar-refractivity contribution is 0.516. The van der Waals surface area contributed by atoms with Crippen LogP contribution in [0, 0.1) is 11.6 Å². The van der Waals surface area contributed by atoms with Crippen LogP contribution in [0.15, 0.2) is 57.2 Å². The van der Waals surface area contributed by atoms with Gasteiger partial charge in [-0.1, -0.05) is 28.1 Å². The molecular weight excluding hydrogens is 494 g/mol. The van der Waals surface area contributed by atoms with Gasteiger partial charge in [0.1, 0.15) is 16.5 Å². The average molecular weight is 513 g/mol. The number of halogens is 3. The second kappa shape index (κ2) is 8.72. The maximum absolute atomic E-state index is 14.0. The molecule has 4 rings (SSSR count). The predicted molar refractivity (Wildman–Crippen MR) is 118 cm³/mol. The molecule has 9 heteroatoms. The molecule has 0 amide bonds. The lowest BCUT2D eigenvalue weighted by Gasteiger charge is -2.31. The van der Waals surface area contributed by atoms with Gasteiger partial charge in [0.05, 0.1) is 10.9 Å². The third kappa shape index (κ3) is 4.58. The number of anilines is 1. The summed E-state index contributed by atoms with van der Waals surface area (Å²) in [5.74, 6) is -1.82. The number of nitrogens with zero attached hydrogens (tertiary/aromatic N) is 2. The minimum atomic E-state index is -3.84. The number of hydrogen-bond donors (Lipinski definition) is 0. The number of rotatable bonds is 5. The summed E-state index contributed by atoms with van der Waals surface area (Å²) in [5, 5.41) is 2.20. The Hall–Kier alpha value is -1.84. The molecule has 1 fully saturated rings. The van der Waals surface area contributed by atoms with E-state index >= 15 is 0 Å². The standard InChI is InChI=1S/C21H19BrF2N2O2S2/c22-15-3-1-2-14(10-15)11-17-13-29-21(25-17)26-8-6-18(7-9-26)30(27,28)20-5-4-16(23)12-19(20)24/h1-5,10,12-13,18H,6-9,11H2. The molecule has 3 aromatic rings. The van der Waals surface area contributed by atoms with Crippen LogP contribution >= 0.6 is 27.3 Å². The summed E-state index contributed by atoms with van der Waals surface area (Å²) in [6.07, 6.45) is 1.48.